The van der Waals surface area contributed by atoms with Gasteiger partial charge in [-0.3, -0.25) is 19.4 Å². The zero-order chi connectivity index (χ0) is 20.2. The average Bonchev–Trinajstić information content (AvgIpc) is 2.66. The Morgan fingerprint density at radius 2 is 1.52 bits per heavy atom. The first kappa shape index (κ1) is 24.9. The molecule has 0 fully saturated rings. The number of nitrogens with zero attached hydrogens (tertiary/aromatic N) is 2. The largest absolute Gasteiger partial charge is 0.374 e. The van der Waals surface area contributed by atoms with Crippen molar-refractivity contribution in [1.82, 2.24) is 4.98 Å². The van der Waals surface area contributed by atoms with Gasteiger partial charge < -0.3 is 4.90 Å². The summed E-state index contributed by atoms with van der Waals surface area (Å²) in [7, 11) is 3.36. The quantitative estimate of drug-likeness (QED) is 0.791. The van der Waals surface area contributed by atoms with Crippen molar-refractivity contribution in [3.8, 4) is 0 Å². The molecule has 0 saturated carbocycles. The van der Waals surface area contributed by atoms with Crippen molar-refractivity contribution >= 4 is 11.5 Å². The van der Waals surface area contributed by atoms with E-state index in [-0.39, 0.29) is 11.3 Å². The van der Waals surface area contributed by atoms with Gasteiger partial charge in [-0.1, -0.05) is 47.6 Å². The summed E-state index contributed by atoms with van der Waals surface area (Å²) in [4.78, 5) is 40.8. The molecule has 0 aliphatic carbocycles. The van der Waals surface area contributed by atoms with Gasteiger partial charge in [-0.05, 0) is 18.6 Å². The van der Waals surface area contributed by atoms with Gasteiger partial charge in [-0.2, -0.15) is 0 Å². The summed E-state index contributed by atoms with van der Waals surface area (Å²) in [5.41, 5.74) is 0.109. The summed E-state index contributed by atoms with van der Waals surface area (Å²) in [6.45, 7) is 13.4. The Balaban J connectivity index is 0. The Labute approximate surface area is 151 Å². The fraction of sp³-hybridized carbons (Fsp3) is 0.500. The van der Waals surface area contributed by atoms with Gasteiger partial charge in [0.25, 0.3) is 0 Å². The molecule has 1 aromatic heterocycles. The fourth-order valence-corrected chi connectivity index (χ4v) is 2.26. The first-order valence-corrected chi connectivity index (χ1v) is 8.86. The van der Waals surface area contributed by atoms with E-state index in [1.807, 2.05) is 41.5 Å². The summed E-state index contributed by atoms with van der Waals surface area (Å²) < 4.78 is 0. The molecule has 1 aromatic carbocycles. The fourth-order valence-electron chi connectivity index (χ4n) is 2.26. The molecule has 5 heteroatoms. The van der Waals surface area contributed by atoms with Gasteiger partial charge in [0.05, 0.1) is 11.6 Å². The lowest BCUT2D eigenvalue weighted by molar-refractivity contribution is -0.117. The highest BCUT2D eigenvalue weighted by Crippen LogP contribution is 2.28. The van der Waals surface area contributed by atoms with E-state index in [0.717, 1.165) is 0 Å². The van der Waals surface area contributed by atoms with Crippen LogP contribution in [0.2, 0.25) is 0 Å². The Morgan fingerprint density at radius 3 is 1.88 bits per heavy atom. The number of carbonyl (C=O) groups excluding carboxylic acids is 1. The van der Waals surface area contributed by atoms with Gasteiger partial charge in [0, 0.05) is 32.1 Å². The van der Waals surface area contributed by atoms with Gasteiger partial charge in [0.1, 0.15) is 5.78 Å². The van der Waals surface area contributed by atoms with Crippen LogP contribution in [0.25, 0.3) is 0 Å². The molecule has 25 heavy (non-hydrogen) atoms. The zero-order valence-electron chi connectivity index (χ0n) is 17.0. The van der Waals surface area contributed by atoms with E-state index in [0.29, 0.717) is 11.3 Å². The number of rotatable bonds is 4. The van der Waals surface area contributed by atoms with E-state index in [2.05, 4.69) is 4.98 Å². The molecule has 0 N–H and O–H groups in total. The molecule has 2 rings (SSSR count). The number of carbonyl (C=O) groups is 1. The summed E-state index contributed by atoms with van der Waals surface area (Å²) in [5.74, 6) is -0.889. The molecular formula is C20H32N2O3. The molecule has 0 aliphatic rings. The minimum absolute atomic E-state index is 0.178. The summed E-state index contributed by atoms with van der Waals surface area (Å²) in [6.07, 6.45) is 3.14. The molecule has 2 aromatic rings. The van der Waals surface area contributed by atoms with E-state index in [1.54, 1.807) is 43.5 Å². The molecule has 0 saturated heterocycles. The van der Waals surface area contributed by atoms with Crippen LogP contribution in [0.1, 0.15) is 65.5 Å². The summed E-state index contributed by atoms with van der Waals surface area (Å²) in [6, 6.07) is 3.43. The normalized spacial score (nSPS) is 10.1. The maximum atomic E-state index is 11.9. The lowest BCUT2D eigenvalue weighted by atomic mass is 9.85. The lowest BCUT2D eigenvalue weighted by Crippen LogP contribution is -2.43. The maximum Gasteiger partial charge on any atom is 0.249 e. The predicted octanol–water partition coefficient (Wildman–Crippen LogP) is 3.54. The number of anilines is 1. The van der Waals surface area contributed by atoms with Crippen molar-refractivity contribution in [2.45, 2.75) is 54.4 Å². The molecule has 1 unspecified atom stereocenters. The van der Waals surface area contributed by atoms with Crippen LogP contribution in [0.5, 0.6) is 0 Å². The summed E-state index contributed by atoms with van der Waals surface area (Å²) in [5, 5.41) is 0. The number of hydrogen-bond acceptors (Lipinski definition) is 5. The molecule has 140 valence electrons. The van der Waals surface area contributed by atoms with Crippen LogP contribution >= 0.6 is 0 Å². The monoisotopic (exact) mass is 348 g/mol. The first-order valence-electron chi connectivity index (χ1n) is 8.86. The second kappa shape index (κ2) is 13.0. The van der Waals surface area contributed by atoms with E-state index in [4.69, 9.17) is 0 Å². The molecule has 5 nitrogen and oxygen atoms in total. The van der Waals surface area contributed by atoms with Crippen molar-refractivity contribution in [3.05, 3.63) is 56.1 Å². The van der Waals surface area contributed by atoms with Crippen LogP contribution in [-0.4, -0.2) is 24.9 Å². The third-order valence-corrected chi connectivity index (χ3v) is 3.08. The molecule has 0 amide bonds. The number of hydrogen-bond donors (Lipinski definition) is 0. The highest BCUT2D eigenvalue weighted by molar-refractivity contribution is 5.89. The second-order valence-electron chi connectivity index (χ2n) is 4.64. The van der Waals surface area contributed by atoms with Gasteiger partial charge in [0.15, 0.2) is 0 Å². The second-order valence-corrected chi connectivity index (χ2v) is 4.64. The Hall–Kier alpha value is -2.30. The van der Waals surface area contributed by atoms with Crippen LogP contribution in [0.4, 0.5) is 5.69 Å². The number of ketones is 1. The van der Waals surface area contributed by atoms with Crippen LogP contribution in [0, 0.1) is 0 Å². The van der Waals surface area contributed by atoms with Crippen LogP contribution in [0.3, 0.4) is 0 Å². The molecule has 1 atom stereocenters. The average molecular weight is 348 g/mol. The Bertz CT molecular complexity index is 685. The summed E-state index contributed by atoms with van der Waals surface area (Å²) >= 11 is 0. The number of aromatic nitrogens is 1. The Kier molecular flexibility index (Phi) is 13.0. The van der Waals surface area contributed by atoms with E-state index < -0.39 is 16.8 Å². The third kappa shape index (κ3) is 5.93. The smallest absolute Gasteiger partial charge is 0.249 e. The maximum absolute atomic E-state index is 11.9. The van der Waals surface area contributed by atoms with Gasteiger partial charge in [0.2, 0.25) is 10.9 Å². The van der Waals surface area contributed by atoms with Crippen LogP contribution in [-0.2, 0) is 4.79 Å². The lowest BCUT2D eigenvalue weighted by Gasteiger charge is -2.23. The SMILES string of the molecule is CC.CC.CC.CC(=O)C(c1cccnc1)c1c(N(C)C)c(=O)c1=O. The van der Waals surface area contributed by atoms with Gasteiger partial charge in [-0.25, -0.2) is 0 Å². The molecule has 0 aliphatic heterocycles. The number of pyridine rings is 1. The van der Waals surface area contributed by atoms with Crippen LogP contribution < -0.4 is 15.8 Å². The Morgan fingerprint density at radius 1 is 1.00 bits per heavy atom. The van der Waals surface area contributed by atoms with E-state index >= 15 is 0 Å². The van der Waals surface area contributed by atoms with Crippen LogP contribution in [0.15, 0.2) is 34.1 Å². The minimum Gasteiger partial charge on any atom is -0.374 e. The van der Waals surface area contributed by atoms with Crippen molar-refractivity contribution in [2.24, 2.45) is 0 Å². The van der Waals surface area contributed by atoms with Gasteiger partial charge in [-0.15, -0.1) is 0 Å². The molecule has 0 bridgehead atoms. The zero-order valence-corrected chi connectivity index (χ0v) is 17.0. The highest BCUT2D eigenvalue weighted by atomic mass is 16.2. The van der Waals surface area contributed by atoms with Crippen molar-refractivity contribution in [2.75, 3.05) is 19.0 Å². The molecule has 0 radical (unpaired) electrons. The molecule has 1 heterocycles. The van der Waals surface area contributed by atoms with E-state index in [1.165, 1.54) is 6.92 Å². The predicted molar refractivity (Wildman–Crippen MR) is 106 cm³/mol. The first-order chi connectivity index (χ1) is 11.9. The standard InChI is InChI=1S/C14H14N2O3.3C2H6/c1-8(17)10(9-5-4-6-15-7-9)11-12(16(2)3)14(19)13(11)18;3*1-2/h4-7,10H,1-3H3;3*1-2H3. The minimum atomic E-state index is -0.712. The number of Topliss-reactive ketones (excluding diaryl/α,β-unsaturated/α-hetero) is 1. The third-order valence-electron chi connectivity index (χ3n) is 3.08. The van der Waals surface area contributed by atoms with Crippen molar-refractivity contribution < 1.29 is 4.79 Å². The van der Waals surface area contributed by atoms with E-state index in [9.17, 15) is 14.4 Å². The topological polar surface area (TPSA) is 67.3 Å². The highest BCUT2D eigenvalue weighted by Gasteiger charge is 2.32. The van der Waals surface area contributed by atoms with Gasteiger partial charge >= 0.3 is 0 Å². The van der Waals surface area contributed by atoms with Crippen molar-refractivity contribution in [1.29, 1.82) is 0 Å². The molecular weight excluding hydrogens is 316 g/mol. The molecule has 0 spiro atoms. The van der Waals surface area contributed by atoms with Crippen molar-refractivity contribution in [3.63, 3.8) is 0 Å².